The van der Waals surface area contributed by atoms with Crippen LogP contribution in [0.2, 0.25) is 0 Å². The van der Waals surface area contributed by atoms with Crippen LogP contribution in [-0.2, 0) is 11.2 Å². The molecule has 0 bridgehead atoms. The highest BCUT2D eigenvalue weighted by Crippen LogP contribution is 2.13. The minimum Gasteiger partial charge on any atom is -0.288 e. The first kappa shape index (κ1) is 11.1. The van der Waals surface area contributed by atoms with Crippen molar-refractivity contribution >= 4 is 32.1 Å². The van der Waals surface area contributed by atoms with Crippen LogP contribution in [0.25, 0.3) is 0 Å². The van der Waals surface area contributed by atoms with E-state index in [1.165, 1.54) is 12.1 Å². The first-order valence-electron chi connectivity index (χ1n) is 4.01. The van der Waals surface area contributed by atoms with Gasteiger partial charge in [0.05, 0.1) is 4.92 Å². The molecule has 0 saturated heterocycles. The van der Waals surface area contributed by atoms with Crippen molar-refractivity contribution in [1.82, 2.24) is 0 Å². The number of halogens is 1. The van der Waals surface area contributed by atoms with Gasteiger partial charge < -0.3 is 0 Å². The highest BCUT2D eigenvalue weighted by molar-refractivity contribution is 14.1. The fraction of sp³-hybridized carbons (Fsp3) is 0.222. The lowest BCUT2D eigenvalue weighted by atomic mass is 10.1. The van der Waals surface area contributed by atoms with Crippen molar-refractivity contribution in [3.63, 3.8) is 0 Å². The number of carbonyl (C=O) groups is 1. The number of hydrogen-bond donors (Lipinski definition) is 0. The molecule has 0 unspecified atom stereocenters. The van der Waals surface area contributed by atoms with E-state index in [1.807, 2.05) is 0 Å². The summed E-state index contributed by atoms with van der Waals surface area (Å²) < 4.78 is 0.0981. The van der Waals surface area contributed by atoms with Crippen LogP contribution in [-0.4, -0.2) is 8.71 Å². The SMILES string of the molecule is O=C(I)CCc1ccc([N+](=O)[O-])cc1. The maximum Gasteiger partial charge on any atom is 0.269 e. The minimum atomic E-state index is -0.437. The molecule has 5 heteroatoms. The molecule has 1 aromatic carbocycles. The van der Waals surface area contributed by atoms with Crippen LogP contribution in [0.3, 0.4) is 0 Å². The summed E-state index contributed by atoms with van der Waals surface area (Å²) in [7, 11) is 0. The molecule has 0 N–H and O–H groups in total. The molecular weight excluding hydrogens is 297 g/mol. The van der Waals surface area contributed by atoms with E-state index in [9.17, 15) is 14.9 Å². The summed E-state index contributed by atoms with van der Waals surface area (Å²) in [4.78, 5) is 20.6. The number of nitrogens with zero attached hydrogens (tertiary/aromatic N) is 1. The summed E-state index contributed by atoms with van der Waals surface area (Å²) in [5.41, 5.74) is 1.02. The highest BCUT2D eigenvalue weighted by atomic mass is 127. The molecule has 1 aromatic rings. The topological polar surface area (TPSA) is 60.2 Å². The minimum absolute atomic E-state index is 0.0783. The van der Waals surface area contributed by atoms with E-state index in [1.54, 1.807) is 34.7 Å². The summed E-state index contributed by atoms with van der Waals surface area (Å²) in [6, 6.07) is 6.26. The van der Waals surface area contributed by atoms with Crippen LogP contribution in [0.1, 0.15) is 12.0 Å². The van der Waals surface area contributed by atoms with E-state index in [2.05, 4.69) is 0 Å². The van der Waals surface area contributed by atoms with Gasteiger partial charge in [-0.05, 0) is 34.6 Å². The monoisotopic (exact) mass is 305 g/mol. The number of nitro groups is 1. The molecule has 0 heterocycles. The van der Waals surface area contributed by atoms with Gasteiger partial charge in [0.2, 0.25) is 0 Å². The van der Waals surface area contributed by atoms with Gasteiger partial charge in [0.25, 0.3) is 5.69 Å². The number of rotatable bonds is 4. The summed E-state index contributed by atoms with van der Waals surface area (Å²) in [6.45, 7) is 0. The average molecular weight is 305 g/mol. The van der Waals surface area contributed by atoms with Crippen molar-refractivity contribution in [2.75, 3.05) is 0 Å². The van der Waals surface area contributed by atoms with Gasteiger partial charge in [0.1, 0.15) is 0 Å². The van der Waals surface area contributed by atoms with Crippen LogP contribution in [0.4, 0.5) is 5.69 Å². The normalized spacial score (nSPS) is 9.79. The van der Waals surface area contributed by atoms with E-state index in [0.29, 0.717) is 12.8 Å². The highest BCUT2D eigenvalue weighted by Gasteiger charge is 2.04. The molecule has 1 rings (SSSR count). The molecule has 14 heavy (non-hydrogen) atoms. The van der Waals surface area contributed by atoms with Crippen molar-refractivity contribution in [2.45, 2.75) is 12.8 Å². The van der Waals surface area contributed by atoms with E-state index in [0.717, 1.165) is 5.56 Å². The standard InChI is InChI=1S/C9H8INO3/c10-9(12)6-3-7-1-4-8(5-2-7)11(13)14/h1-2,4-5H,3,6H2. The van der Waals surface area contributed by atoms with E-state index < -0.39 is 4.92 Å². The number of benzene rings is 1. The summed E-state index contributed by atoms with van der Waals surface area (Å²) in [6.07, 6.45) is 1.11. The van der Waals surface area contributed by atoms with Gasteiger partial charge in [-0.3, -0.25) is 14.9 Å². The quantitative estimate of drug-likeness (QED) is 0.371. The molecule has 0 spiro atoms. The van der Waals surface area contributed by atoms with Crippen molar-refractivity contribution < 1.29 is 9.72 Å². The molecular formula is C9H8INO3. The third-order valence-electron chi connectivity index (χ3n) is 1.76. The fourth-order valence-corrected chi connectivity index (χ4v) is 1.30. The second kappa shape index (κ2) is 5.04. The van der Waals surface area contributed by atoms with Crippen molar-refractivity contribution in [3.05, 3.63) is 39.9 Å². The van der Waals surface area contributed by atoms with E-state index in [-0.39, 0.29) is 9.48 Å². The van der Waals surface area contributed by atoms with Gasteiger partial charge in [-0.15, -0.1) is 0 Å². The van der Waals surface area contributed by atoms with Gasteiger partial charge in [-0.1, -0.05) is 12.1 Å². The second-order valence-electron chi connectivity index (χ2n) is 2.78. The van der Waals surface area contributed by atoms with Crippen LogP contribution in [0, 0.1) is 10.1 Å². The van der Waals surface area contributed by atoms with Crippen molar-refractivity contribution in [3.8, 4) is 0 Å². The molecule has 0 aliphatic heterocycles. The Kier molecular flexibility index (Phi) is 3.99. The molecule has 0 aromatic heterocycles. The zero-order valence-corrected chi connectivity index (χ0v) is 9.43. The van der Waals surface area contributed by atoms with Crippen LogP contribution < -0.4 is 0 Å². The Morgan fingerprint density at radius 1 is 1.36 bits per heavy atom. The smallest absolute Gasteiger partial charge is 0.269 e. The summed E-state index contributed by atoms with van der Waals surface area (Å²) >= 11 is 1.74. The Balaban J connectivity index is 2.64. The van der Waals surface area contributed by atoms with Crippen molar-refractivity contribution in [2.24, 2.45) is 0 Å². The number of non-ortho nitro benzene ring substituents is 1. The van der Waals surface area contributed by atoms with E-state index in [4.69, 9.17) is 0 Å². The Labute approximate surface area is 94.6 Å². The maximum absolute atomic E-state index is 10.7. The zero-order chi connectivity index (χ0) is 10.6. The first-order chi connectivity index (χ1) is 6.59. The number of aryl methyl sites for hydroxylation is 1. The molecule has 0 aliphatic rings. The van der Waals surface area contributed by atoms with Gasteiger partial charge in [0.15, 0.2) is 3.79 Å². The Morgan fingerprint density at radius 3 is 2.36 bits per heavy atom. The van der Waals surface area contributed by atoms with Gasteiger partial charge in [-0.2, -0.15) is 0 Å². The van der Waals surface area contributed by atoms with Crippen LogP contribution in [0.15, 0.2) is 24.3 Å². The first-order valence-corrected chi connectivity index (χ1v) is 5.09. The molecule has 4 nitrogen and oxygen atoms in total. The second-order valence-corrected chi connectivity index (χ2v) is 3.98. The molecule has 0 saturated carbocycles. The predicted octanol–water partition coefficient (Wildman–Crippen LogP) is 2.49. The average Bonchev–Trinajstić information content (AvgIpc) is 2.15. The Hall–Kier alpha value is -0.980. The number of nitro benzene ring substituents is 1. The summed E-state index contributed by atoms with van der Waals surface area (Å²) in [5, 5.41) is 10.3. The molecule has 0 atom stereocenters. The van der Waals surface area contributed by atoms with Gasteiger partial charge in [-0.25, -0.2) is 0 Å². The zero-order valence-electron chi connectivity index (χ0n) is 7.27. The Bertz CT molecular complexity index is 348. The molecule has 0 radical (unpaired) electrons. The largest absolute Gasteiger partial charge is 0.288 e. The third-order valence-corrected chi connectivity index (χ3v) is 2.30. The predicted molar refractivity (Wildman–Crippen MR) is 60.4 cm³/mol. The van der Waals surface area contributed by atoms with Gasteiger partial charge >= 0.3 is 0 Å². The lowest BCUT2D eigenvalue weighted by Gasteiger charge is -1.97. The number of hydrogen-bond acceptors (Lipinski definition) is 3. The molecule has 0 amide bonds. The van der Waals surface area contributed by atoms with Gasteiger partial charge in [0, 0.05) is 18.6 Å². The summed E-state index contributed by atoms with van der Waals surface area (Å²) in [5.74, 6) is 0. The fourth-order valence-electron chi connectivity index (χ4n) is 1.03. The van der Waals surface area contributed by atoms with Crippen LogP contribution >= 0.6 is 22.6 Å². The third kappa shape index (κ3) is 3.41. The molecule has 0 fully saturated rings. The maximum atomic E-state index is 10.7. The van der Waals surface area contributed by atoms with Crippen LogP contribution in [0.5, 0.6) is 0 Å². The number of carbonyl (C=O) groups excluding carboxylic acids is 1. The lowest BCUT2D eigenvalue weighted by Crippen LogP contribution is -1.92. The van der Waals surface area contributed by atoms with E-state index >= 15 is 0 Å². The molecule has 0 aliphatic carbocycles. The lowest BCUT2D eigenvalue weighted by molar-refractivity contribution is -0.384. The Morgan fingerprint density at radius 2 is 1.93 bits per heavy atom. The van der Waals surface area contributed by atoms with Crippen molar-refractivity contribution in [1.29, 1.82) is 0 Å². The molecule has 74 valence electrons.